The van der Waals surface area contributed by atoms with Gasteiger partial charge in [-0.3, -0.25) is 0 Å². The summed E-state index contributed by atoms with van der Waals surface area (Å²) in [6, 6.07) is 0. The molecule has 0 spiro atoms. The van der Waals surface area contributed by atoms with Crippen molar-refractivity contribution in [1.82, 2.24) is 0 Å². The van der Waals surface area contributed by atoms with E-state index in [0.717, 1.165) is 0 Å². The lowest BCUT2D eigenvalue weighted by Gasteiger charge is -2.00. The predicted octanol–water partition coefficient (Wildman–Crippen LogP) is -0.918. The molecule has 1 heterocycles. The lowest BCUT2D eigenvalue weighted by Crippen LogP contribution is -2.20. The van der Waals surface area contributed by atoms with Gasteiger partial charge in [0.2, 0.25) is 0 Å². The fourth-order valence-corrected chi connectivity index (χ4v) is 0.706. The van der Waals surface area contributed by atoms with Gasteiger partial charge in [0, 0.05) is 13.0 Å². The number of aliphatic hydroxyl groups excluding tert-OH is 1. The van der Waals surface area contributed by atoms with Crippen LogP contribution < -0.4 is 5.73 Å². The average molecular weight is 130 g/mol. The molecule has 0 radical (unpaired) electrons. The van der Waals surface area contributed by atoms with Crippen molar-refractivity contribution in [2.24, 2.45) is 10.9 Å². The number of nitrogens with two attached hydrogens (primary N) is 1. The van der Waals surface area contributed by atoms with Crippen molar-refractivity contribution in [2.75, 3.05) is 13.2 Å². The van der Waals surface area contributed by atoms with Crippen LogP contribution in [-0.2, 0) is 4.84 Å². The fraction of sp³-hybridized carbons (Fsp3) is 0.800. The molecule has 0 bridgehead atoms. The van der Waals surface area contributed by atoms with Gasteiger partial charge in [0.1, 0.15) is 6.10 Å². The molecule has 0 aliphatic carbocycles. The Bertz CT molecular complexity index is 124. The second kappa shape index (κ2) is 2.80. The molecule has 0 aromatic carbocycles. The Hall–Kier alpha value is -0.610. The van der Waals surface area contributed by atoms with Crippen molar-refractivity contribution >= 4 is 5.71 Å². The molecule has 1 unspecified atom stereocenters. The van der Waals surface area contributed by atoms with Crippen LogP contribution in [0.3, 0.4) is 0 Å². The summed E-state index contributed by atoms with van der Waals surface area (Å²) in [6.07, 6.45) is 0.666. The Labute approximate surface area is 53.3 Å². The van der Waals surface area contributed by atoms with Gasteiger partial charge >= 0.3 is 0 Å². The third kappa shape index (κ3) is 1.40. The Morgan fingerprint density at radius 2 is 2.67 bits per heavy atom. The summed E-state index contributed by atoms with van der Waals surface area (Å²) >= 11 is 0. The van der Waals surface area contributed by atoms with Gasteiger partial charge < -0.3 is 15.7 Å². The molecule has 0 saturated carbocycles. The molecule has 4 nitrogen and oxygen atoms in total. The van der Waals surface area contributed by atoms with Gasteiger partial charge in [-0.15, -0.1) is 0 Å². The maximum Gasteiger partial charge on any atom is 0.145 e. The van der Waals surface area contributed by atoms with E-state index in [4.69, 9.17) is 15.7 Å². The summed E-state index contributed by atoms with van der Waals surface area (Å²) < 4.78 is 0. The molecule has 52 valence electrons. The van der Waals surface area contributed by atoms with E-state index in [9.17, 15) is 0 Å². The minimum Gasteiger partial charge on any atom is -0.391 e. The molecule has 1 atom stereocenters. The summed E-state index contributed by atoms with van der Waals surface area (Å²) in [4.78, 5) is 4.81. The molecular weight excluding hydrogens is 120 g/mol. The Morgan fingerprint density at radius 3 is 3.00 bits per heavy atom. The Kier molecular flexibility index (Phi) is 2.02. The maximum absolute atomic E-state index is 8.53. The molecule has 1 aliphatic rings. The molecule has 9 heavy (non-hydrogen) atoms. The monoisotopic (exact) mass is 130 g/mol. The van der Waals surface area contributed by atoms with Gasteiger partial charge in [0.15, 0.2) is 0 Å². The number of hydrogen-bond donors (Lipinski definition) is 2. The maximum atomic E-state index is 8.53. The van der Waals surface area contributed by atoms with Gasteiger partial charge in [0.05, 0.1) is 12.3 Å². The van der Waals surface area contributed by atoms with Gasteiger partial charge in [-0.2, -0.15) is 0 Å². The predicted molar refractivity (Wildman–Crippen MR) is 33.1 cm³/mol. The van der Waals surface area contributed by atoms with E-state index < -0.39 is 0 Å². The van der Waals surface area contributed by atoms with Gasteiger partial charge in [-0.25, -0.2) is 0 Å². The normalized spacial score (nSPS) is 25.6. The number of aliphatic hydroxyl groups is 1. The third-order valence-corrected chi connectivity index (χ3v) is 1.24. The van der Waals surface area contributed by atoms with Crippen LogP contribution in [0.2, 0.25) is 0 Å². The molecule has 1 aliphatic heterocycles. The van der Waals surface area contributed by atoms with Crippen molar-refractivity contribution in [3.63, 3.8) is 0 Å². The highest BCUT2D eigenvalue weighted by molar-refractivity contribution is 5.86. The highest BCUT2D eigenvalue weighted by atomic mass is 16.6. The molecule has 1 rings (SSSR count). The first-order valence-corrected chi connectivity index (χ1v) is 2.89. The summed E-state index contributed by atoms with van der Waals surface area (Å²) in [7, 11) is 0. The zero-order chi connectivity index (χ0) is 6.69. The smallest absolute Gasteiger partial charge is 0.145 e. The van der Waals surface area contributed by atoms with Crippen LogP contribution in [0.15, 0.2) is 5.16 Å². The summed E-state index contributed by atoms with van der Waals surface area (Å²) in [5.41, 5.74) is 5.96. The van der Waals surface area contributed by atoms with E-state index in [1.54, 1.807) is 0 Å². The quantitative estimate of drug-likeness (QED) is 0.508. The standard InChI is InChI=1S/C5H10N2O2/c6-2-5-1-4(3-8)7-9-5/h5,8H,1-3,6H2. The van der Waals surface area contributed by atoms with E-state index in [1.807, 2.05) is 0 Å². The van der Waals surface area contributed by atoms with E-state index in [2.05, 4.69) is 5.16 Å². The van der Waals surface area contributed by atoms with Crippen LogP contribution in [0.4, 0.5) is 0 Å². The van der Waals surface area contributed by atoms with Crippen molar-refractivity contribution in [1.29, 1.82) is 0 Å². The minimum absolute atomic E-state index is 0.00727. The largest absolute Gasteiger partial charge is 0.391 e. The van der Waals surface area contributed by atoms with E-state index in [0.29, 0.717) is 18.7 Å². The fourth-order valence-electron chi connectivity index (χ4n) is 0.706. The SMILES string of the molecule is NCC1CC(CO)=NO1. The van der Waals surface area contributed by atoms with Crippen LogP contribution in [0.5, 0.6) is 0 Å². The molecular formula is C5H10N2O2. The van der Waals surface area contributed by atoms with Crippen molar-refractivity contribution in [3.05, 3.63) is 0 Å². The van der Waals surface area contributed by atoms with Crippen molar-refractivity contribution in [2.45, 2.75) is 12.5 Å². The first kappa shape index (κ1) is 6.51. The van der Waals surface area contributed by atoms with E-state index in [-0.39, 0.29) is 12.7 Å². The lowest BCUT2D eigenvalue weighted by atomic mass is 10.2. The van der Waals surface area contributed by atoms with Crippen molar-refractivity contribution in [3.8, 4) is 0 Å². The van der Waals surface area contributed by atoms with Crippen LogP contribution in [0.1, 0.15) is 6.42 Å². The number of hydrogen-bond acceptors (Lipinski definition) is 4. The highest BCUT2D eigenvalue weighted by Crippen LogP contribution is 2.07. The summed E-state index contributed by atoms with van der Waals surface area (Å²) in [5, 5.41) is 12.1. The molecule has 4 heteroatoms. The van der Waals surface area contributed by atoms with E-state index >= 15 is 0 Å². The molecule has 0 saturated heterocycles. The number of rotatable bonds is 2. The molecule has 3 N–H and O–H groups in total. The molecule has 0 fully saturated rings. The third-order valence-electron chi connectivity index (χ3n) is 1.24. The van der Waals surface area contributed by atoms with E-state index in [1.165, 1.54) is 0 Å². The molecule has 0 aromatic heterocycles. The van der Waals surface area contributed by atoms with Crippen LogP contribution >= 0.6 is 0 Å². The average Bonchev–Trinajstić information content (AvgIpc) is 2.34. The van der Waals surface area contributed by atoms with Gasteiger partial charge in [-0.1, -0.05) is 5.16 Å². The van der Waals surface area contributed by atoms with Crippen LogP contribution in [-0.4, -0.2) is 30.1 Å². The second-order valence-corrected chi connectivity index (χ2v) is 1.98. The van der Waals surface area contributed by atoms with Gasteiger partial charge in [0.25, 0.3) is 0 Å². The first-order valence-electron chi connectivity index (χ1n) is 2.89. The second-order valence-electron chi connectivity index (χ2n) is 1.98. The molecule has 0 amide bonds. The van der Waals surface area contributed by atoms with Gasteiger partial charge in [-0.05, 0) is 0 Å². The number of nitrogens with zero attached hydrogens (tertiary/aromatic N) is 1. The zero-order valence-corrected chi connectivity index (χ0v) is 5.08. The highest BCUT2D eigenvalue weighted by Gasteiger charge is 2.17. The number of oxime groups is 1. The first-order chi connectivity index (χ1) is 4.36. The topological polar surface area (TPSA) is 67.8 Å². The lowest BCUT2D eigenvalue weighted by molar-refractivity contribution is 0.0918. The Morgan fingerprint density at radius 1 is 1.89 bits per heavy atom. The summed E-state index contributed by atoms with van der Waals surface area (Å²) in [6.45, 7) is 0.448. The zero-order valence-electron chi connectivity index (χ0n) is 5.08. The van der Waals surface area contributed by atoms with Crippen LogP contribution in [0, 0.1) is 0 Å². The van der Waals surface area contributed by atoms with Crippen molar-refractivity contribution < 1.29 is 9.94 Å². The molecule has 0 aromatic rings. The minimum atomic E-state index is -0.0174. The van der Waals surface area contributed by atoms with Crippen LogP contribution in [0.25, 0.3) is 0 Å². The Balaban J connectivity index is 2.31. The summed E-state index contributed by atoms with van der Waals surface area (Å²) in [5.74, 6) is 0.